The highest BCUT2D eigenvalue weighted by Gasteiger charge is 2.13. The van der Waals surface area contributed by atoms with Crippen molar-refractivity contribution in [3.63, 3.8) is 0 Å². The number of rotatable bonds is 6. The van der Waals surface area contributed by atoms with Crippen LogP contribution in [-0.2, 0) is 17.1 Å². The molecule has 3 rings (SSSR count). The number of hydrogen-bond acceptors (Lipinski definition) is 5. The molecule has 0 spiro atoms. The van der Waals surface area contributed by atoms with E-state index in [1.165, 1.54) is 0 Å². The summed E-state index contributed by atoms with van der Waals surface area (Å²) in [5.41, 5.74) is 3.46. The molecule has 0 atom stereocenters. The molecule has 2 aromatic carbocycles. The zero-order valence-corrected chi connectivity index (χ0v) is 16.0. The second kappa shape index (κ2) is 8.52. The van der Waals surface area contributed by atoms with E-state index in [1.807, 2.05) is 42.6 Å². The lowest BCUT2D eigenvalue weighted by Gasteiger charge is -2.09. The van der Waals surface area contributed by atoms with Gasteiger partial charge in [0.2, 0.25) is 0 Å². The Morgan fingerprint density at radius 1 is 1.20 bits per heavy atom. The lowest BCUT2D eigenvalue weighted by molar-refractivity contribution is 0.0472. The molecule has 3 aromatic rings. The number of hydrogen-bond donors (Lipinski definition) is 0. The van der Waals surface area contributed by atoms with Crippen molar-refractivity contribution >= 4 is 40.7 Å². The number of halogens is 1. The lowest BCUT2D eigenvalue weighted by Crippen LogP contribution is -2.08. The van der Waals surface area contributed by atoms with Crippen molar-refractivity contribution in [1.29, 1.82) is 0 Å². The van der Waals surface area contributed by atoms with E-state index < -0.39 is 0 Å². The minimum atomic E-state index is -0.318. The minimum Gasteiger partial charge on any atom is -0.457 e. The first kappa shape index (κ1) is 18.0. The number of aryl methyl sites for hydroxylation is 1. The van der Waals surface area contributed by atoms with E-state index in [9.17, 15) is 4.79 Å². The number of thiazole rings is 1. The molecule has 0 aliphatic carbocycles. The highest BCUT2D eigenvalue weighted by molar-refractivity contribution is 8.00. The van der Waals surface area contributed by atoms with Crippen LogP contribution in [0.5, 0.6) is 0 Å². The van der Waals surface area contributed by atoms with Crippen LogP contribution in [0.25, 0.3) is 0 Å². The highest BCUT2D eigenvalue weighted by atomic mass is 35.5. The van der Waals surface area contributed by atoms with Crippen LogP contribution in [0, 0.1) is 6.92 Å². The Kier molecular flexibility index (Phi) is 6.13. The van der Waals surface area contributed by atoms with Gasteiger partial charge in [-0.2, -0.15) is 0 Å². The summed E-state index contributed by atoms with van der Waals surface area (Å²) in [4.78, 5) is 16.9. The Morgan fingerprint density at radius 3 is 2.68 bits per heavy atom. The van der Waals surface area contributed by atoms with E-state index in [0.717, 1.165) is 21.2 Å². The molecule has 0 saturated heterocycles. The average molecular weight is 390 g/mol. The van der Waals surface area contributed by atoms with Crippen molar-refractivity contribution in [2.75, 3.05) is 0 Å². The molecular formula is C19H16ClNO2S2. The van der Waals surface area contributed by atoms with Gasteiger partial charge in [-0.3, -0.25) is 0 Å². The van der Waals surface area contributed by atoms with Gasteiger partial charge in [0.05, 0.1) is 5.56 Å². The van der Waals surface area contributed by atoms with Crippen molar-refractivity contribution in [1.82, 2.24) is 4.98 Å². The zero-order chi connectivity index (χ0) is 17.6. The number of thioether (sulfide) groups is 1. The van der Waals surface area contributed by atoms with E-state index in [4.69, 9.17) is 16.3 Å². The molecule has 25 heavy (non-hydrogen) atoms. The molecule has 1 heterocycles. The second-order valence-electron chi connectivity index (χ2n) is 5.40. The van der Waals surface area contributed by atoms with Crippen LogP contribution >= 0.6 is 34.7 Å². The second-order valence-corrected chi connectivity index (χ2v) is 7.92. The summed E-state index contributed by atoms with van der Waals surface area (Å²) in [5.74, 6) is 0.362. The van der Waals surface area contributed by atoms with E-state index >= 15 is 0 Å². The summed E-state index contributed by atoms with van der Waals surface area (Å²) in [6.45, 7) is 2.20. The molecule has 0 radical (unpaired) electrons. The van der Waals surface area contributed by atoms with E-state index in [-0.39, 0.29) is 12.6 Å². The molecule has 6 heteroatoms. The molecule has 0 aliphatic heterocycles. The largest absolute Gasteiger partial charge is 0.457 e. The molecule has 128 valence electrons. The third-order valence-corrected chi connectivity index (χ3v) is 5.91. The third kappa shape index (κ3) is 5.08. The van der Waals surface area contributed by atoms with Gasteiger partial charge in [-0.1, -0.05) is 53.7 Å². The zero-order valence-electron chi connectivity index (χ0n) is 13.6. The first-order chi connectivity index (χ1) is 12.1. The van der Waals surface area contributed by atoms with E-state index in [0.29, 0.717) is 16.3 Å². The van der Waals surface area contributed by atoms with Gasteiger partial charge < -0.3 is 4.74 Å². The molecule has 3 nitrogen and oxygen atoms in total. The molecule has 0 unspecified atom stereocenters. The topological polar surface area (TPSA) is 39.2 Å². The first-order valence-corrected chi connectivity index (χ1v) is 9.90. The molecule has 0 aliphatic rings. The van der Waals surface area contributed by atoms with Crippen LogP contribution in [-0.4, -0.2) is 11.0 Å². The van der Waals surface area contributed by atoms with Crippen LogP contribution in [0.15, 0.2) is 58.3 Å². The van der Waals surface area contributed by atoms with Gasteiger partial charge in [0.25, 0.3) is 0 Å². The maximum atomic E-state index is 12.5. The Bertz CT molecular complexity index is 862. The maximum absolute atomic E-state index is 12.5. The van der Waals surface area contributed by atoms with Crippen LogP contribution in [0.2, 0.25) is 5.02 Å². The first-order valence-electron chi connectivity index (χ1n) is 7.66. The molecular weight excluding hydrogens is 374 g/mol. The molecule has 0 bridgehead atoms. The molecule has 1 aromatic heterocycles. The summed E-state index contributed by atoms with van der Waals surface area (Å²) >= 11 is 9.11. The highest BCUT2D eigenvalue weighted by Crippen LogP contribution is 2.27. The number of ether oxygens (including phenoxy) is 1. The number of nitrogens with zero attached hydrogens (tertiary/aromatic N) is 1. The van der Waals surface area contributed by atoms with Crippen molar-refractivity contribution in [2.45, 2.75) is 23.6 Å². The van der Waals surface area contributed by atoms with Gasteiger partial charge >= 0.3 is 5.97 Å². The van der Waals surface area contributed by atoms with Gasteiger partial charge in [-0.25, -0.2) is 9.78 Å². The van der Waals surface area contributed by atoms with Crippen LogP contribution in [0.4, 0.5) is 0 Å². The Hall–Kier alpha value is -1.82. The summed E-state index contributed by atoms with van der Waals surface area (Å²) in [6, 6.07) is 14.8. The average Bonchev–Trinajstić information content (AvgIpc) is 3.05. The smallest absolute Gasteiger partial charge is 0.338 e. The summed E-state index contributed by atoms with van der Waals surface area (Å²) in [6.07, 6.45) is 0. The molecule has 0 amide bonds. The maximum Gasteiger partial charge on any atom is 0.338 e. The fraction of sp³-hybridized carbons (Fsp3) is 0.158. The number of carbonyl (C=O) groups is 1. The SMILES string of the molecule is Cc1csc(SCc2ccccc2C(=O)OCc2ccc(Cl)cc2)n1. The van der Waals surface area contributed by atoms with Crippen molar-refractivity contribution in [3.8, 4) is 0 Å². The quantitative estimate of drug-likeness (QED) is 0.397. The molecule has 0 saturated carbocycles. The van der Waals surface area contributed by atoms with E-state index in [2.05, 4.69) is 4.98 Å². The third-order valence-electron chi connectivity index (χ3n) is 3.47. The van der Waals surface area contributed by atoms with E-state index in [1.54, 1.807) is 41.3 Å². The van der Waals surface area contributed by atoms with Crippen molar-refractivity contribution < 1.29 is 9.53 Å². The fourth-order valence-corrected chi connectivity index (χ4v) is 4.17. The number of carbonyl (C=O) groups excluding carboxylic acids is 1. The van der Waals surface area contributed by atoms with Gasteiger partial charge in [0.1, 0.15) is 10.9 Å². The van der Waals surface area contributed by atoms with Gasteiger partial charge in [-0.05, 0) is 36.2 Å². The predicted molar refractivity (Wildman–Crippen MR) is 103 cm³/mol. The van der Waals surface area contributed by atoms with Crippen LogP contribution in [0.1, 0.15) is 27.2 Å². The number of aromatic nitrogens is 1. The summed E-state index contributed by atoms with van der Waals surface area (Å²) in [5, 5.41) is 2.68. The Labute approximate surface area is 160 Å². The number of benzene rings is 2. The fourth-order valence-electron chi connectivity index (χ4n) is 2.19. The van der Waals surface area contributed by atoms with Crippen molar-refractivity contribution in [2.24, 2.45) is 0 Å². The molecule has 0 N–H and O–H groups in total. The normalized spacial score (nSPS) is 10.6. The molecule has 0 fully saturated rings. The van der Waals surface area contributed by atoms with Gasteiger partial charge in [0, 0.05) is 21.8 Å². The van der Waals surface area contributed by atoms with Gasteiger partial charge in [-0.15, -0.1) is 11.3 Å². The predicted octanol–water partition coefficient (Wildman–Crippen LogP) is 5.75. The summed E-state index contributed by atoms with van der Waals surface area (Å²) in [7, 11) is 0. The van der Waals surface area contributed by atoms with Crippen LogP contribution < -0.4 is 0 Å². The standard InChI is InChI=1S/C19H16ClNO2S2/c1-13-11-24-19(21-13)25-12-15-4-2-3-5-17(15)18(22)23-10-14-6-8-16(20)9-7-14/h2-9,11H,10,12H2,1H3. The van der Waals surface area contributed by atoms with Crippen LogP contribution in [0.3, 0.4) is 0 Å². The monoisotopic (exact) mass is 389 g/mol. The minimum absolute atomic E-state index is 0.225. The lowest BCUT2D eigenvalue weighted by atomic mass is 10.1. The summed E-state index contributed by atoms with van der Waals surface area (Å²) < 4.78 is 6.45. The van der Waals surface area contributed by atoms with Gasteiger partial charge in [0.15, 0.2) is 0 Å². The Balaban J connectivity index is 1.64. The van der Waals surface area contributed by atoms with Crippen molar-refractivity contribution in [3.05, 3.63) is 81.3 Å². The number of esters is 1. The Morgan fingerprint density at radius 2 is 1.96 bits per heavy atom.